The maximum Gasteiger partial charge on any atom is 0.315 e. The molecule has 2 saturated heterocycles. The van der Waals surface area contributed by atoms with Crippen molar-refractivity contribution in [1.82, 2.24) is 19.8 Å². The predicted octanol–water partition coefficient (Wildman–Crippen LogP) is -0.196. The number of amides is 2. The number of likely N-dealkylation sites (N-methyl/N-ethyl adjacent to an activating group) is 1. The van der Waals surface area contributed by atoms with Gasteiger partial charge in [-0.25, -0.2) is 17.5 Å². The lowest BCUT2D eigenvalue weighted by Gasteiger charge is -2.30. The van der Waals surface area contributed by atoms with Gasteiger partial charge in [-0.05, 0) is 39.3 Å². The van der Waals surface area contributed by atoms with Crippen LogP contribution in [0.4, 0.5) is 4.79 Å². The molecule has 7 nitrogen and oxygen atoms in total. The van der Waals surface area contributed by atoms with Crippen LogP contribution in [0, 0.1) is 0 Å². The number of carbonyl (C=O) groups is 1. The third kappa shape index (κ3) is 4.82. The van der Waals surface area contributed by atoms with Gasteiger partial charge in [-0.3, -0.25) is 0 Å². The molecular weight excluding hydrogens is 292 g/mol. The van der Waals surface area contributed by atoms with E-state index in [2.05, 4.69) is 22.6 Å². The summed E-state index contributed by atoms with van der Waals surface area (Å²) in [6.07, 6.45) is 4.89. The predicted molar refractivity (Wildman–Crippen MR) is 81.6 cm³/mol. The number of sulfonamides is 1. The van der Waals surface area contributed by atoms with E-state index in [4.69, 9.17) is 0 Å². The Morgan fingerprint density at radius 2 is 1.86 bits per heavy atom. The second-order valence-electron chi connectivity index (χ2n) is 6.07. The zero-order chi connectivity index (χ0) is 15.5. The summed E-state index contributed by atoms with van der Waals surface area (Å²) in [4.78, 5) is 14.1. The summed E-state index contributed by atoms with van der Waals surface area (Å²) >= 11 is 0. The maximum absolute atomic E-state index is 11.9. The Kier molecular flexibility index (Phi) is 5.45. The van der Waals surface area contributed by atoms with Crippen LogP contribution in [0.2, 0.25) is 0 Å². The van der Waals surface area contributed by atoms with E-state index >= 15 is 0 Å². The van der Waals surface area contributed by atoms with Gasteiger partial charge >= 0.3 is 6.03 Å². The molecule has 2 rings (SSSR count). The Balaban J connectivity index is 1.67. The molecule has 2 amide bonds. The van der Waals surface area contributed by atoms with Crippen molar-refractivity contribution < 1.29 is 13.2 Å². The molecule has 2 heterocycles. The smallest absolute Gasteiger partial charge is 0.315 e. The minimum atomic E-state index is -3.11. The van der Waals surface area contributed by atoms with Gasteiger partial charge in [0.1, 0.15) is 0 Å². The van der Waals surface area contributed by atoms with Crippen molar-refractivity contribution in [1.29, 1.82) is 0 Å². The average molecular weight is 318 g/mol. The molecule has 2 aliphatic rings. The zero-order valence-electron chi connectivity index (χ0n) is 12.8. The molecule has 0 aliphatic carbocycles. The lowest BCUT2D eigenvalue weighted by molar-refractivity contribution is 0.222. The number of hydrogen-bond donors (Lipinski definition) is 2. The first kappa shape index (κ1) is 16.5. The lowest BCUT2D eigenvalue weighted by atomic mass is 10.1. The molecule has 1 unspecified atom stereocenters. The standard InChI is InChI=1S/C13H26N4O3S/c1-16-7-3-4-12(16)10-14-13(18)15-11-5-8-17(9-6-11)21(2,19)20/h11-12H,3-10H2,1-2H3,(H2,14,15,18). The van der Waals surface area contributed by atoms with Gasteiger partial charge in [0.25, 0.3) is 0 Å². The molecule has 2 aliphatic heterocycles. The Labute approximate surface area is 127 Å². The Bertz CT molecular complexity index is 460. The van der Waals surface area contributed by atoms with E-state index in [-0.39, 0.29) is 12.1 Å². The summed E-state index contributed by atoms with van der Waals surface area (Å²) in [5.74, 6) is 0. The van der Waals surface area contributed by atoms with Gasteiger partial charge in [0, 0.05) is 31.7 Å². The fraction of sp³-hybridized carbons (Fsp3) is 0.923. The third-order valence-corrected chi connectivity index (χ3v) is 5.73. The summed E-state index contributed by atoms with van der Waals surface area (Å²) in [7, 11) is -1.02. The quantitative estimate of drug-likeness (QED) is 0.752. The van der Waals surface area contributed by atoms with Crippen molar-refractivity contribution in [3.63, 3.8) is 0 Å². The highest BCUT2D eigenvalue weighted by molar-refractivity contribution is 7.88. The minimum absolute atomic E-state index is 0.0595. The Morgan fingerprint density at radius 1 is 1.19 bits per heavy atom. The van der Waals surface area contributed by atoms with E-state index in [1.54, 1.807) is 0 Å². The van der Waals surface area contributed by atoms with Crippen molar-refractivity contribution in [3.8, 4) is 0 Å². The number of piperidine rings is 1. The van der Waals surface area contributed by atoms with Gasteiger partial charge < -0.3 is 15.5 Å². The topological polar surface area (TPSA) is 81.8 Å². The van der Waals surface area contributed by atoms with Crippen molar-refractivity contribution in [2.45, 2.75) is 37.8 Å². The fourth-order valence-electron chi connectivity index (χ4n) is 3.02. The average Bonchev–Trinajstić information content (AvgIpc) is 2.81. The summed E-state index contributed by atoms with van der Waals surface area (Å²) in [6.45, 7) is 2.73. The highest BCUT2D eigenvalue weighted by atomic mass is 32.2. The molecule has 122 valence electrons. The van der Waals surface area contributed by atoms with Gasteiger partial charge in [-0.1, -0.05) is 0 Å². The molecular formula is C13H26N4O3S. The van der Waals surface area contributed by atoms with E-state index in [9.17, 15) is 13.2 Å². The molecule has 1 atom stereocenters. The van der Waals surface area contributed by atoms with Crippen molar-refractivity contribution >= 4 is 16.1 Å². The van der Waals surface area contributed by atoms with Crippen LogP contribution >= 0.6 is 0 Å². The Morgan fingerprint density at radius 3 is 2.38 bits per heavy atom. The number of nitrogens with zero attached hydrogens (tertiary/aromatic N) is 2. The SMILES string of the molecule is CN1CCCC1CNC(=O)NC1CCN(S(C)(=O)=O)CC1. The van der Waals surface area contributed by atoms with E-state index in [1.807, 2.05) is 0 Å². The first-order valence-electron chi connectivity index (χ1n) is 7.56. The van der Waals surface area contributed by atoms with Crippen LogP contribution in [-0.4, -0.2) is 75.2 Å². The van der Waals surface area contributed by atoms with Crippen LogP contribution in [0.25, 0.3) is 0 Å². The molecule has 8 heteroatoms. The minimum Gasteiger partial charge on any atom is -0.337 e. The molecule has 0 aromatic heterocycles. The van der Waals surface area contributed by atoms with Gasteiger partial charge in [0.05, 0.1) is 6.26 Å². The number of carbonyl (C=O) groups excluding carboxylic acids is 1. The van der Waals surface area contributed by atoms with E-state index in [0.717, 1.165) is 13.0 Å². The van der Waals surface area contributed by atoms with Gasteiger partial charge in [-0.15, -0.1) is 0 Å². The molecule has 0 radical (unpaired) electrons. The molecule has 0 aromatic rings. The van der Waals surface area contributed by atoms with Crippen LogP contribution in [0.15, 0.2) is 0 Å². The monoisotopic (exact) mass is 318 g/mol. The molecule has 2 fully saturated rings. The van der Waals surface area contributed by atoms with Crippen LogP contribution in [0.1, 0.15) is 25.7 Å². The van der Waals surface area contributed by atoms with Crippen LogP contribution in [-0.2, 0) is 10.0 Å². The largest absolute Gasteiger partial charge is 0.337 e. The number of rotatable bonds is 4. The summed E-state index contributed by atoms with van der Waals surface area (Å²) in [5.41, 5.74) is 0. The highest BCUT2D eigenvalue weighted by Crippen LogP contribution is 2.14. The summed E-state index contributed by atoms with van der Waals surface area (Å²) < 4.78 is 24.3. The molecule has 0 aromatic carbocycles. The number of nitrogens with one attached hydrogen (secondary N) is 2. The summed E-state index contributed by atoms with van der Waals surface area (Å²) in [5, 5.41) is 5.86. The summed E-state index contributed by atoms with van der Waals surface area (Å²) in [6, 6.07) is 0.347. The molecule has 21 heavy (non-hydrogen) atoms. The first-order valence-corrected chi connectivity index (χ1v) is 9.41. The highest BCUT2D eigenvalue weighted by Gasteiger charge is 2.26. The van der Waals surface area contributed by atoms with Crippen LogP contribution in [0.3, 0.4) is 0 Å². The fourth-order valence-corrected chi connectivity index (χ4v) is 3.89. The lowest BCUT2D eigenvalue weighted by Crippen LogP contribution is -2.50. The molecule has 0 spiro atoms. The van der Waals surface area contributed by atoms with Crippen molar-refractivity contribution in [3.05, 3.63) is 0 Å². The van der Waals surface area contributed by atoms with Crippen LogP contribution in [0.5, 0.6) is 0 Å². The van der Waals surface area contributed by atoms with E-state index in [1.165, 1.54) is 17.0 Å². The second-order valence-corrected chi connectivity index (χ2v) is 8.05. The van der Waals surface area contributed by atoms with E-state index < -0.39 is 10.0 Å². The second kappa shape index (κ2) is 6.93. The third-order valence-electron chi connectivity index (χ3n) is 4.43. The molecule has 0 bridgehead atoms. The van der Waals surface area contributed by atoms with E-state index in [0.29, 0.717) is 38.5 Å². The van der Waals surface area contributed by atoms with Crippen LogP contribution < -0.4 is 10.6 Å². The number of urea groups is 1. The van der Waals surface area contributed by atoms with Gasteiger partial charge in [-0.2, -0.15) is 0 Å². The Hall–Kier alpha value is -0.860. The number of likely N-dealkylation sites (tertiary alicyclic amines) is 1. The van der Waals surface area contributed by atoms with Gasteiger partial charge in [0.2, 0.25) is 10.0 Å². The normalized spacial score (nSPS) is 25.9. The molecule has 2 N–H and O–H groups in total. The molecule has 0 saturated carbocycles. The maximum atomic E-state index is 11.9. The number of hydrogen-bond acceptors (Lipinski definition) is 4. The zero-order valence-corrected chi connectivity index (χ0v) is 13.7. The van der Waals surface area contributed by atoms with Crippen molar-refractivity contribution in [2.75, 3.05) is 39.5 Å². The van der Waals surface area contributed by atoms with Gasteiger partial charge in [0.15, 0.2) is 0 Å². The van der Waals surface area contributed by atoms with Crippen molar-refractivity contribution in [2.24, 2.45) is 0 Å². The first-order chi connectivity index (χ1) is 9.86.